The summed E-state index contributed by atoms with van der Waals surface area (Å²) >= 11 is 1.80. The van der Waals surface area contributed by atoms with E-state index in [0.717, 1.165) is 33.6 Å². The van der Waals surface area contributed by atoms with Gasteiger partial charge < -0.3 is 11.5 Å². The number of hydrogen-bond donors (Lipinski definition) is 3. The average Bonchev–Trinajstić information content (AvgIpc) is 3.58. The molecule has 7 aromatic carbocycles. The number of aliphatic imine (C=N–C) groups is 1. The Kier molecular flexibility index (Phi) is 10.4. The number of anilines is 1. The van der Waals surface area contributed by atoms with Crippen LogP contribution in [0.25, 0.3) is 37.0 Å². The molecule has 0 saturated carbocycles. The van der Waals surface area contributed by atoms with Crippen LogP contribution in [0.1, 0.15) is 27.8 Å². The highest BCUT2D eigenvalue weighted by molar-refractivity contribution is 7.25. The van der Waals surface area contributed by atoms with Crippen molar-refractivity contribution in [3.05, 3.63) is 216 Å². The van der Waals surface area contributed by atoms with Gasteiger partial charge in [-0.15, -0.1) is 11.3 Å². The van der Waals surface area contributed by atoms with Gasteiger partial charge in [-0.2, -0.15) is 0 Å². The van der Waals surface area contributed by atoms with Crippen molar-refractivity contribution in [2.45, 2.75) is 6.42 Å². The third-order valence-electron chi connectivity index (χ3n) is 8.81. The van der Waals surface area contributed by atoms with Crippen LogP contribution in [0.3, 0.4) is 0 Å². The lowest BCUT2D eigenvalue weighted by molar-refractivity contribution is 1.26. The Morgan fingerprint density at radius 3 is 1.85 bits per heavy atom. The molecule has 0 fully saturated rings. The third-order valence-corrected chi connectivity index (χ3v) is 9.95. The van der Waals surface area contributed by atoms with Crippen molar-refractivity contribution in [3.8, 4) is 11.1 Å². The molecule has 8 rings (SSSR count). The number of allylic oxidation sites excluding steroid dienone is 1. The van der Waals surface area contributed by atoms with Crippen molar-refractivity contribution in [2.75, 3.05) is 5.73 Å². The van der Waals surface area contributed by atoms with Crippen LogP contribution in [0.4, 0.5) is 5.69 Å². The van der Waals surface area contributed by atoms with E-state index in [1.165, 1.54) is 36.9 Å². The highest BCUT2D eigenvalue weighted by atomic mass is 32.1. The van der Waals surface area contributed by atoms with E-state index in [1.54, 1.807) is 11.3 Å². The molecule has 5 N–H and O–H groups in total. The van der Waals surface area contributed by atoms with E-state index in [1.807, 2.05) is 103 Å². The Balaban J connectivity index is 0.000000248. The summed E-state index contributed by atoms with van der Waals surface area (Å²) in [7, 11) is 0. The van der Waals surface area contributed by atoms with E-state index in [9.17, 15) is 0 Å². The molecule has 0 amide bonds. The van der Waals surface area contributed by atoms with Crippen molar-refractivity contribution in [1.82, 2.24) is 0 Å². The second kappa shape index (κ2) is 16.0. The largest absolute Gasteiger partial charge is 0.399 e. The molecular formula is C47H38N4S. The van der Waals surface area contributed by atoms with Crippen LogP contribution in [0.5, 0.6) is 0 Å². The van der Waals surface area contributed by atoms with Crippen LogP contribution < -0.4 is 11.5 Å². The average molecular weight is 691 g/mol. The Hall–Kier alpha value is -6.56. The van der Waals surface area contributed by atoms with Gasteiger partial charge in [0, 0.05) is 42.6 Å². The Labute approximate surface area is 308 Å². The first-order chi connectivity index (χ1) is 25.5. The zero-order valence-corrected chi connectivity index (χ0v) is 29.4. The van der Waals surface area contributed by atoms with Crippen LogP contribution >= 0.6 is 11.3 Å². The van der Waals surface area contributed by atoms with Crippen molar-refractivity contribution < 1.29 is 0 Å². The summed E-state index contributed by atoms with van der Waals surface area (Å²) in [6.45, 7) is 0. The SMILES string of the molecule is N=C(c1ccccc1)c1cccc(/C(=C/Cc2ccc(-c3ccccc3)cc2)N=C(N)c2ccccc2)c1.Nc1ccc2c(c1)sc1ccccc12. The van der Waals surface area contributed by atoms with Crippen molar-refractivity contribution in [2.24, 2.45) is 10.7 Å². The zero-order chi connectivity index (χ0) is 35.7. The van der Waals surface area contributed by atoms with Gasteiger partial charge in [-0.25, -0.2) is 4.99 Å². The first kappa shape index (κ1) is 33.9. The normalized spacial score (nSPS) is 11.6. The standard InChI is InChI=1S/C35H29N3.C12H9NS/c36-34(29-13-6-2-7-14-29)32-18-10-17-31(25-32)33(38-35(37)30-15-8-3-9-16-30)24-21-26-19-22-28(23-20-26)27-11-4-1-5-12-27;13-8-5-6-10-9-3-1-2-4-11(9)14-12(10)7-8/h1-20,22-25,36H,21H2,(H2,37,38);1-7H,13H2/b33-24-,36-34?;. The quantitative estimate of drug-likeness (QED) is 0.0842. The summed E-state index contributed by atoms with van der Waals surface area (Å²) < 4.78 is 2.60. The molecule has 0 aliphatic heterocycles. The second-order valence-corrected chi connectivity index (χ2v) is 13.5. The predicted molar refractivity (Wildman–Crippen MR) is 223 cm³/mol. The summed E-state index contributed by atoms with van der Waals surface area (Å²) in [4.78, 5) is 4.86. The van der Waals surface area contributed by atoms with Crippen LogP contribution in [0.15, 0.2) is 193 Å². The second-order valence-electron chi connectivity index (χ2n) is 12.4. The summed E-state index contributed by atoms with van der Waals surface area (Å²) in [6.07, 6.45) is 2.81. The Bertz CT molecular complexity index is 2500. The molecule has 52 heavy (non-hydrogen) atoms. The van der Waals surface area contributed by atoms with E-state index >= 15 is 0 Å². The van der Waals surface area contributed by atoms with Gasteiger partial charge in [0.15, 0.2) is 0 Å². The maximum Gasteiger partial charge on any atom is 0.131 e. The highest BCUT2D eigenvalue weighted by Gasteiger charge is 2.09. The number of nitrogens with zero attached hydrogens (tertiary/aromatic N) is 1. The van der Waals surface area contributed by atoms with Gasteiger partial charge in [-0.05, 0) is 52.9 Å². The number of thiophene rings is 1. The molecule has 252 valence electrons. The number of amidine groups is 1. The summed E-state index contributed by atoms with van der Waals surface area (Å²) in [6, 6.07) is 61.1. The van der Waals surface area contributed by atoms with Crippen molar-refractivity contribution in [3.63, 3.8) is 0 Å². The molecule has 0 unspecified atom stereocenters. The number of rotatable bonds is 8. The molecule has 1 heterocycles. The van der Waals surface area contributed by atoms with Crippen molar-refractivity contribution >= 4 is 54.4 Å². The molecule has 4 nitrogen and oxygen atoms in total. The lowest BCUT2D eigenvalue weighted by atomic mass is 9.98. The fraction of sp³-hybridized carbons (Fsp3) is 0.0213. The van der Waals surface area contributed by atoms with Gasteiger partial charge in [0.05, 0.1) is 11.4 Å². The number of nitrogen functional groups attached to an aromatic ring is 1. The molecule has 0 saturated heterocycles. The van der Waals surface area contributed by atoms with Crippen LogP contribution in [-0.4, -0.2) is 11.5 Å². The number of nitrogens with two attached hydrogens (primary N) is 2. The Morgan fingerprint density at radius 2 is 1.12 bits per heavy atom. The van der Waals surface area contributed by atoms with E-state index in [-0.39, 0.29) is 0 Å². The number of benzene rings is 7. The van der Waals surface area contributed by atoms with Gasteiger partial charge in [0.25, 0.3) is 0 Å². The molecule has 0 radical (unpaired) electrons. The predicted octanol–water partition coefficient (Wildman–Crippen LogP) is 11.4. The summed E-state index contributed by atoms with van der Waals surface area (Å²) in [5.74, 6) is 0.458. The molecule has 8 aromatic rings. The molecule has 0 bridgehead atoms. The minimum atomic E-state index is 0.458. The monoisotopic (exact) mass is 690 g/mol. The molecule has 0 aliphatic rings. The smallest absolute Gasteiger partial charge is 0.131 e. The van der Waals surface area contributed by atoms with E-state index in [2.05, 4.69) is 84.9 Å². The number of hydrogen-bond acceptors (Lipinski definition) is 4. The van der Waals surface area contributed by atoms with E-state index in [4.69, 9.17) is 21.9 Å². The Morgan fingerprint density at radius 1 is 0.538 bits per heavy atom. The zero-order valence-electron chi connectivity index (χ0n) is 28.6. The van der Waals surface area contributed by atoms with Gasteiger partial charge in [-0.1, -0.05) is 164 Å². The molecule has 5 heteroatoms. The fourth-order valence-corrected chi connectivity index (χ4v) is 7.21. The van der Waals surface area contributed by atoms with Crippen LogP contribution in [0, 0.1) is 5.41 Å². The molecule has 1 aromatic heterocycles. The van der Waals surface area contributed by atoms with Gasteiger partial charge >= 0.3 is 0 Å². The minimum absolute atomic E-state index is 0.458. The lowest BCUT2D eigenvalue weighted by Gasteiger charge is -2.10. The third kappa shape index (κ3) is 8.07. The number of nitrogens with one attached hydrogen (secondary N) is 1. The van der Waals surface area contributed by atoms with Gasteiger partial charge in [0.2, 0.25) is 0 Å². The fourth-order valence-electron chi connectivity index (χ4n) is 6.06. The van der Waals surface area contributed by atoms with Gasteiger partial charge in [0.1, 0.15) is 5.84 Å². The lowest BCUT2D eigenvalue weighted by Crippen LogP contribution is -2.13. The van der Waals surface area contributed by atoms with E-state index in [0.29, 0.717) is 18.0 Å². The molecule has 0 aliphatic carbocycles. The topological polar surface area (TPSA) is 88.2 Å². The van der Waals surface area contributed by atoms with Crippen LogP contribution in [0.2, 0.25) is 0 Å². The summed E-state index contributed by atoms with van der Waals surface area (Å²) in [5, 5.41) is 11.4. The highest BCUT2D eigenvalue weighted by Crippen LogP contribution is 2.34. The van der Waals surface area contributed by atoms with Gasteiger partial charge in [-0.3, -0.25) is 5.41 Å². The first-order valence-electron chi connectivity index (χ1n) is 17.2. The molecular weight excluding hydrogens is 653 g/mol. The van der Waals surface area contributed by atoms with Crippen LogP contribution in [-0.2, 0) is 6.42 Å². The first-order valence-corrected chi connectivity index (χ1v) is 18.0. The molecule has 0 spiro atoms. The number of fused-ring (bicyclic) bond motifs is 3. The summed E-state index contributed by atoms with van der Waals surface area (Å²) in [5.41, 5.74) is 21.4. The maximum absolute atomic E-state index is 8.73. The maximum atomic E-state index is 8.73. The van der Waals surface area contributed by atoms with Crippen molar-refractivity contribution in [1.29, 1.82) is 5.41 Å². The van der Waals surface area contributed by atoms with E-state index < -0.39 is 0 Å². The minimum Gasteiger partial charge on any atom is -0.399 e. The molecule has 0 atom stereocenters.